The van der Waals surface area contributed by atoms with Crippen LogP contribution in [0, 0.1) is 40.4 Å². The lowest BCUT2D eigenvalue weighted by Gasteiger charge is -2.52. The van der Waals surface area contributed by atoms with E-state index in [-0.39, 0.29) is 34.7 Å². The second-order valence-electron chi connectivity index (χ2n) is 11.2. The lowest BCUT2D eigenvalue weighted by Crippen LogP contribution is -2.67. The van der Waals surface area contributed by atoms with Gasteiger partial charge in [-0.05, 0) is 54.1 Å². The minimum atomic E-state index is -1.96. The number of hydrogen-bond acceptors (Lipinski definition) is 6. The zero-order chi connectivity index (χ0) is 23.1. The fraction of sp³-hybridized carbons (Fsp3) is 0.800. The molecule has 2 saturated carbocycles. The molecular weight excluding hydrogens is 396 g/mol. The van der Waals surface area contributed by atoms with E-state index in [0.717, 1.165) is 6.42 Å². The quantitative estimate of drug-likeness (QED) is 0.399. The van der Waals surface area contributed by atoms with Gasteiger partial charge in [0, 0.05) is 5.92 Å². The zero-order valence-electron chi connectivity index (χ0n) is 19.5. The molecule has 6 nitrogen and oxygen atoms in total. The normalized spacial score (nSPS) is 48.4. The third-order valence-electron chi connectivity index (χ3n) is 9.41. The summed E-state index contributed by atoms with van der Waals surface area (Å²) in [5.74, 6) is -0.656. The van der Waals surface area contributed by atoms with Crippen LogP contribution in [0.25, 0.3) is 0 Å². The van der Waals surface area contributed by atoms with E-state index in [0.29, 0.717) is 17.9 Å². The summed E-state index contributed by atoms with van der Waals surface area (Å²) in [7, 11) is 0. The summed E-state index contributed by atoms with van der Waals surface area (Å²) in [6.07, 6.45) is 1.54. The van der Waals surface area contributed by atoms with E-state index in [1.807, 2.05) is 19.9 Å². The summed E-state index contributed by atoms with van der Waals surface area (Å²) >= 11 is 0. The Bertz CT molecular complexity index is 830. The Morgan fingerprint density at radius 1 is 1.32 bits per heavy atom. The van der Waals surface area contributed by atoms with E-state index >= 15 is 0 Å². The monoisotopic (exact) mass is 434 g/mol. The smallest absolute Gasteiger partial charge is 0.309 e. The highest BCUT2D eigenvalue weighted by atomic mass is 16.6. The maximum absolute atomic E-state index is 12.7. The SMILES string of the molecule is CCC(C)C(=O)O[C@H]1C(C)=C[C@]23C(O)[C@@H](C=C(CO)[C@@H](O)[C@]12O)[C@H]1[C@@H](C[C@H]3C)C1(C)C. The van der Waals surface area contributed by atoms with Gasteiger partial charge in [-0.15, -0.1) is 0 Å². The minimum Gasteiger partial charge on any atom is -0.454 e. The number of carbonyl (C=O) groups is 1. The van der Waals surface area contributed by atoms with Crippen LogP contribution in [-0.2, 0) is 9.53 Å². The maximum Gasteiger partial charge on any atom is 0.309 e. The molecule has 0 radical (unpaired) electrons. The first-order valence-corrected chi connectivity index (χ1v) is 11.7. The number of esters is 1. The number of hydrogen-bond donors (Lipinski definition) is 4. The van der Waals surface area contributed by atoms with Gasteiger partial charge in [0.1, 0.15) is 11.7 Å². The molecular formula is C25H38O6. The summed E-state index contributed by atoms with van der Waals surface area (Å²) in [4.78, 5) is 12.7. The summed E-state index contributed by atoms with van der Waals surface area (Å²) in [6.45, 7) is 11.4. The average molecular weight is 435 g/mol. The molecule has 10 atom stereocenters. The number of aliphatic hydroxyl groups is 4. The van der Waals surface area contributed by atoms with Crippen molar-refractivity contribution in [3.8, 4) is 0 Å². The largest absolute Gasteiger partial charge is 0.454 e. The molecule has 4 aliphatic rings. The van der Waals surface area contributed by atoms with Gasteiger partial charge in [0.25, 0.3) is 0 Å². The predicted molar refractivity (Wildman–Crippen MR) is 116 cm³/mol. The highest BCUT2D eigenvalue weighted by Gasteiger charge is 2.76. The fourth-order valence-corrected chi connectivity index (χ4v) is 7.30. The summed E-state index contributed by atoms with van der Waals surface area (Å²) in [6, 6.07) is 0. The molecule has 0 aromatic heterocycles. The lowest BCUT2D eigenvalue weighted by atomic mass is 9.58. The van der Waals surface area contributed by atoms with E-state index in [4.69, 9.17) is 4.74 Å². The Labute approximate surface area is 185 Å². The molecule has 31 heavy (non-hydrogen) atoms. The Kier molecular flexibility index (Phi) is 5.29. The van der Waals surface area contributed by atoms with E-state index in [9.17, 15) is 25.2 Å². The highest BCUT2D eigenvalue weighted by molar-refractivity contribution is 5.72. The molecule has 0 amide bonds. The molecule has 0 aromatic carbocycles. The number of fused-ring (bicyclic) bond motifs is 3. The van der Waals surface area contributed by atoms with E-state index in [2.05, 4.69) is 13.8 Å². The molecule has 2 unspecified atom stereocenters. The molecule has 0 aliphatic heterocycles. The maximum atomic E-state index is 12.7. The lowest BCUT2D eigenvalue weighted by molar-refractivity contribution is -0.226. The fourth-order valence-electron chi connectivity index (χ4n) is 7.30. The van der Waals surface area contributed by atoms with Crippen LogP contribution in [0.2, 0.25) is 0 Å². The van der Waals surface area contributed by atoms with Gasteiger partial charge in [0.2, 0.25) is 0 Å². The first kappa shape index (κ1) is 23.0. The van der Waals surface area contributed by atoms with E-state index in [1.165, 1.54) is 0 Å². The van der Waals surface area contributed by atoms with Crippen LogP contribution in [0.5, 0.6) is 0 Å². The van der Waals surface area contributed by atoms with Gasteiger partial charge in [-0.3, -0.25) is 4.79 Å². The second-order valence-corrected chi connectivity index (χ2v) is 11.2. The van der Waals surface area contributed by atoms with Crippen LogP contribution in [0.3, 0.4) is 0 Å². The average Bonchev–Trinajstić information content (AvgIpc) is 3.21. The number of rotatable bonds is 4. The van der Waals surface area contributed by atoms with Gasteiger partial charge in [-0.25, -0.2) is 0 Å². The van der Waals surface area contributed by atoms with Crippen molar-refractivity contribution in [3.05, 3.63) is 23.3 Å². The minimum absolute atomic E-state index is 0.0474. The first-order chi connectivity index (χ1) is 14.4. The molecule has 0 heterocycles. The van der Waals surface area contributed by atoms with E-state index < -0.39 is 41.9 Å². The van der Waals surface area contributed by atoms with Gasteiger partial charge >= 0.3 is 5.97 Å². The number of carbonyl (C=O) groups excluding carboxylic acids is 1. The van der Waals surface area contributed by atoms with Crippen LogP contribution in [-0.4, -0.2) is 56.9 Å². The van der Waals surface area contributed by atoms with Gasteiger partial charge in [0.05, 0.1) is 24.0 Å². The van der Waals surface area contributed by atoms with Crippen molar-refractivity contribution >= 4 is 5.97 Å². The van der Waals surface area contributed by atoms with Crippen LogP contribution in [0.4, 0.5) is 0 Å². The Hall–Kier alpha value is -1.21. The molecule has 4 N–H and O–H groups in total. The number of ether oxygens (including phenoxy) is 1. The number of aliphatic hydroxyl groups excluding tert-OH is 3. The van der Waals surface area contributed by atoms with Gasteiger partial charge in [0.15, 0.2) is 6.10 Å². The van der Waals surface area contributed by atoms with Crippen molar-refractivity contribution in [2.24, 2.45) is 40.4 Å². The standard InChI is InChI=1S/C25H38O6/c1-7-12(2)22(29)31-21-13(3)10-24-14(4)8-17-18(23(17,5)6)16(20(24)28)9-15(11-26)19(27)25(21,24)30/h9-10,12,14,16-21,26-28,30H,7-8,11H2,1-6H3/t12?,14-,16+,17-,18+,19-,20?,21+,24+,25+/m1/s1. The topological polar surface area (TPSA) is 107 Å². The molecule has 2 fully saturated rings. The van der Waals surface area contributed by atoms with Gasteiger partial charge < -0.3 is 25.2 Å². The van der Waals surface area contributed by atoms with Crippen LogP contribution in [0.1, 0.15) is 54.4 Å². The third kappa shape index (κ3) is 2.74. The second kappa shape index (κ2) is 7.14. The van der Waals surface area contributed by atoms with Crippen LogP contribution < -0.4 is 0 Å². The van der Waals surface area contributed by atoms with Crippen molar-refractivity contribution in [2.75, 3.05) is 6.61 Å². The summed E-state index contributed by atoms with van der Waals surface area (Å²) in [5.41, 5.74) is -2.17. The molecule has 4 aliphatic carbocycles. The molecule has 1 spiro atoms. The Morgan fingerprint density at radius 2 is 1.97 bits per heavy atom. The molecule has 0 aromatic rings. The third-order valence-corrected chi connectivity index (χ3v) is 9.41. The van der Waals surface area contributed by atoms with Crippen molar-refractivity contribution in [2.45, 2.75) is 78.3 Å². The van der Waals surface area contributed by atoms with Crippen LogP contribution >= 0.6 is 0 Å². The van der Waals surface area contributed by atoms with Gasteiger partial charge in [-0.2, -0.15) is 0 Å². The van der Waals surface area contributed by atoms with Gasteiger partial charge in [-0.1, -0.05) is 46.8 Å². The Morgan fingerprint density at radius 3 is 2.55 bits per heavy atom. The first-order valence-electron chi connectivity index (χ1n) is 11.7. The van der Waals surface area contributed by atoms with Crippen molar-refractivity contribution in [1.29, 1.82) is 0 Å². The van der Waals surface area contributed by atoms with Crippen molar-refractivity contribution < 1.29 is 30.0 Å². The van der Waals surface area contributed by atoms with Crippen molar-refractivity contribution in [3.63, 3.8) is 0 Å². The molecule has 6 heteroatoms. The van der Waals surface area contributed by atoms with Crippen molar-refractivity contribution in [1.82, 2.24) is 0 Å². The Balaban J connectivity index is 1.88. The molecule has 174 valence electrons. The summed E-state index contributed by atoms with van der Waals surface area (Å²) < 4.78 is 5.83. The van der Waals surface area contributed by atoms with E-state index in [1.54, 1.807) is 19.9 Å². The van der Waals surface area contributed by atoms with Crippen LogP contribution in [0.15, 0.2) is 23.3 Å². The highest BCUT2D eigenvalue weighted by Crippen LogP contribution is 2.72. The molecule has 4 rings (SSSR count). The zero-order valence-corrected chi connectivity index (χ0v) is 19.5. The molecule has 2 bridgehead atoms. The predicted octanol–water partition coefficient (Wildman–Crippen LogP) is 2.20. The molecule has 0 saturated heterocycles. The summed E-state index contributed by atoms with van der Waals surface area (Å²) in [5, 5.41) is 45.7.